The Kier molecular flexibility index (Phi) is 7.25. The van der Waals surface area contributed by atoms with Crippen molar-refractivity contribution in [2.75, 3.05) is 33.8 Å². The summed E-state index contributed by atoms with van der Waals surface area (Å²) < 4.78 is 5.49. The van der Waals surface area contributed by atoms with Crippen LogP contribution in [0.2, 0.25) is 0 Å². The number of carbonyl (C=O) groups is 2. The van der Waals surface area contributed by atoms with Crippen molar-refractivity contribution in [2.45, 2.75) is 38.1 Å². The number of hydrogen-bond acceptors (Lipinski definition) is 4. The smallest absolute Gasteiger partial charge is 0.260 e. The fourth-order valence-corrected chi connectivity index (χ4v) is 3.11. The Morgan fingerprint density at radius 1 is 1.08 bits per heavy atom. The maximum atomic E-state index is 12.2. The van der Waals surface area contributed by atoms with Crippen molar-refractivity contribution in [1.82, 2.24) is 9.80 Å². The lowest BCUT2D eigenvalue weighted by atomic mass is 9.94. The zero-order valence-corrected chi connectivity index (χ0v) is 15.2. The number of likely N-dealkylation sites (N-methyl/N-ethyl adjacent to an activating group) is 2. The topological polar surface area (TPSA) is 75.9 Å². The molecule has 0 radical (unpaired) electrons. The zero-order chi connectivity index (χ0) is 18.2. The Balaban J connectivity index is 1.71. The van der Waals surface area contributed by atoms with E-state index in [-0.39, 0.29) is 12.5 Å². The molecule has 2 rings (SSSR count). The first-order chi connectivity index (χ1) is 12.0. The molecule has 0 saturated heterocycles. The van der Waals surface area contributed by atoms with Crippen LogP contribution in [-0.4, -0.2) is 61.4 Å². The summed E-state index contributed by atoms with van der Waals surface area (Å²) in [5.74, 6) is 0.00606. The van der Waals surface area contributed by atoms with E-state index < -0.39 is 5.91 Å². The molecule has 1 fully saturated rings. The minimum absolute atomic E-state index is 0.0143. The van der Waals surface area contributed by atoms with E-state index in [1.807, 2.05) is 0 Å². The Morgan fingerprint density at radius 2 is 1.72 bits per heavy atom. The first kappa shape index (κ1) is 19.2. The van der Waals surface area contributed by atoms with Crippen molar-refractivity contribution < 1.29 is 14.3 Å². The van der Waals surface area contributed by atoms with Crippen molar-refractivity contribution in [3.05, 3.63) is 29.8 Å². The third-order valence-corrected chi connectivity index (χ3v) is 4.91. The maximum Gasteiger partial charge on any atom is 0.260 e. The summed E-state index contributed by atoms with van der Waals surface area (Å²) in [6, 6.07) is 7.11. The largest absolute Gasteiger partial charge is 0.484 e. The van der Waals surface area contributed by atoms with E-state index in [0.29, 0.717) is 23.9 Å². The minimum Gasteiger partial charge on any atom is -0.484 e. The van der Waals surface area contributed by atoms with E-state index in [0.717, 1.165) is 6.54 Å². The van der Waals surface area contributed by atoms with Gasteiger partial charge in [0.15, 0.2) is 6.61 Å². The fraction of sp³-hybridized carbons (Fsp3) is 0.579. The summed E-state index contributed by atoms with van der Waals surface area (Å²) in [5.41, 5.74) is 5.61. The highest BCUT2D eigenvalue weighted by atomic mass is 16.5. The standard InChI is InChI=1S/C19H29N3O3/c1-21(16-6-4-3-5-7-16)12-13-22(2)18(23)14-25-17-10-8-15(9-11-17)19(20)24/h8-11,16H,3-7,12-14H2,1-2H3,(H2,20,24). The van der Waals surface area contributed by atoms with Crippen molar-refractivity contribution in [2.24, 2.45) is 5.73 Å². The molecule has 1 aromatic carbocycles. The van der Waals surface area contributed by atoms with Crippen molar-refractivity contribution in [1.29, 1.82) is 0 Å². The average Bonchev–Trinajstić information content (AvgIpc) is 2.64. The normalized spacial score (nSPS) is 15.2. The molecule has 0 aliphatic heterocycles. The first-order valence-corrected chi connectivity index (χ1v) is 8.94. The number of hydrogen-bond donors (Lipinski definition) is 1. The van der Waals surface area contributed by atoms with Crippen LogP contribution in [-0.2, 0) is 4.79 Å². The van der Waals surface area contributed by atoms with E-state index >= 15 is 0 Å². The number of carbonyl (C=O) groups excluding carboxylic acids is 2. The molecule has 0 unspecified atom stereocenters. The van der Waals surface area contributed by atoms with E-state index in [9.17, 15) is 9.59 Å². The number of rotatable bonds is 8. The number of benzene rings is 1. The molecule has 138 valence electrons. The zero-order valence-electron chi connectivity index (χ0n) is 15.2. The quantitative estimate of drug-likeness (QED) is 0.779. The van der Waals surface area contributed by atoms with Gasteiger partial charge >= 0.3 is 0 Å². The second-order valence-electron chi connectivity index (χ2n) is 6.77. The molecule has 2 amide bonds. The highest BCUT2D eigenvalue weighted by Crippen LogP contribution is 2.21. The van der Waals surface area contributed by atoms with E-state index in [4.69, 9.17) is 10.5 Å². The summed E-state index contributed by atoms with van der Waals surface area (Å²) in [7, 11) is 3.95. The molecule has 6 nitrogen and oxygen atoms in total. The SMILES string of the molecule is CN(CCN(C)C1CCCCC1)C(=O)COc1ccc(C(N)=O)cc1. The lowest BCUT2D eigenvalue weighted by molar-refractivity contribution is -0.132. The molecule has 6 heteroatoms. The van der Waals surface area contributed by atoms with E-state index in [2.05, 4.69) is 11.9 Å². The summed E-state index contributed by atoms with van der Waals surface area (Å²) in [5, 5.41) is 0. The lowest BCUT2D eigenvalue weighted by Crippen LogP contribution is -2.41. The molecule has 25 heavy (non-hydrogen) atoms. The van der Waals surface area contributed by atoms with Crippen LogP contribution in [0, 0.1) is 0 Å². The predicted molar refractivity (Wildman–Crippen MR) is 97.6 cm³/mol. The monoisotopic (exact) mass is 347 g/mol. The number of amides is 2. The molecular formula is C19H29N3O3. The highest BCUT2D eigenvalue weighted by molar-refractivity contribution is 5.92. The average molecular weight is 347 g/mol. The Hall–Kier alpha value is -2.08. The number of nitrogens with zero attached hydrogens (tertiary/aromatic N) is 2. The molecule has 0 atom stereocenters. The van der Waals surface area contributed by atoms with Crippen LogP contribution >= 0.6 is 0 Å². The van der Waals surface area contributed by atoms with Gasteiger partial charge in [-0.1, -0.05) is 19.3 Å². The van der Waals surface area contributed by atoms with Gasteiger partial charge in [0, 0.05) is 31.7 Å². The van der Waals surface area contributed by atoms with Crippen molar-refractivity contribution in [3.8, 4) is 5.75 Å². The van der Waals surface area contributed by atoms with Crippen LogP contribution in [0.5, 0.6) is 5.75 Å². The molecule has 1 aliphatic rings. The second-order valence-corrected chi connectivity index (χ2v) is 6.77. The van der Waals surface area contributed by atoms with Gasteiger partial charge in [-0.25, -0.2) is 0 Å². The van der Waals surface area contributed by atoms with Crippen LogP contribution in [0.4, 0.5) is 0 Å². The van der Waals surface area contributed by atoms with Gasteiger partial charge in [0.1, 0.15) is 5.75 Å². The second kappa shape index (κ2) is 9.42. The number of nitrogens with two attached hydrogens (primary N) is 1. The van der Waals surface area contributed by atoms with Crippen LogP contribution < -0.4 is 10.5 Å². The van der Waals surface area contributed by atoms with Gasteiger partial charge in [-0.2, -0.15) is 0 Å². The van der Waals surface area contributed by atoms with Gasteiger partial charge in [0.25, 0.3) is 5.91 Å². The van der Waals surface area contributed by atoms with E-state index in [1.165, 1.54) is 32.1 Å². The third kappa shape index (κ3) is 6.05. The van der Waals surface area contributed by atoms with Crippen molar-refractivity contribution >= 4 is 11.8 Å². The van der Waals surface area contributed by atoms with Gasteiger partial charge in [0.05, 0.1) is 0 Å². The Morgan fingerprint density at radius 3 is 2.32 bits per heavy atom. The van der Waals surface area contributed by atoms with Gasteiger partial charge in [-0.05, 0) is 44.2 Å². The van der Waals surface area contributed by atoms with E-state index in [1.54, 1.807) is 36.2 Å². The molecule has 1 aromatic rings. The van der Waals surface area contributed by atoms with Gasteiger partial charge in [-0.3, -0.25) is 9.59 Å². The summed E-state index contributed by atoms with van der Waals surface area (Å²) in [6.45, 7) is 1.55. The van der Waals surface area contributed by atoms with Crippen molar-refractivity contribution in [3.63, 3.8) is 0 Å². The Labute approximate surface area is 149 Å². The minimum atomic E-state index is -0.482. The highest BCUT2D eigenvalue weighted by Gasteiger charge is 2.18. The third-order valence-electron chi connectivity index (χ3n) is 4.91. The molecule has 0 bridgehead atoms. The number of ether oxygens (including phenoxy) is 1. The Bertz CT molecular complexity index is 568. The molecule has 0 aromatic heterocycles. The van der Waals surface area contributed by atoms with Gasteiger partial charge in [-0.15, -0.1) is 0 Å². The fourth-order valence-electron chi connectivity index (χ4n) is 3.11. The van der Waals surface area contributed by atoms with Crippen LogP contribution in [0.25, 0.3) is 0 Å². The first-order valence-electron chi connectivity index (χ1n) is 8.94. The molecule has 1 saturated carbocycles. The van der Waals surface area contributed by atoms with Crippen LogP contribution in [0.15, 0.2) is 24.3 Å². The van der Waals surface area contributed by atoms with Gasteiger partial charge in [0.2, 0.25) is 5.91 Å². The molecule has 0 spiro atoms. The maximum absolute atomic E-state index is 12.2. The molecule has 2 N–H and O–H groups in total. The number of primary amides is 1. The summed E-state index contributed by atoms with van der Waals surface area (Å²) in [4.78, 5) is 27.3. The van der Waals surface area contributed by atoms with Crippen LogP contribution in [0.3, 0.4) is 0 Å². The van der Waals surface area contributed by atoms with Gasteiger partial charge < -0.3 is 20.3 Å². The lowest BCUT2D eigenvalue weighted by Gasteiger charge is -2.32. The van der Waals surface area contributed by atoms with Crippen LogP contribution in [0.1, 0.15) is 42.5 Å². The summed E-state index contributed by atoms with van der Waals surface area (Å²) in [6.07, 6.45) is 6.50. The summed E-state index contributed by atoms with van der Waals surface area (Å²) >= 11 is 0. The predicted octanol–water partition coefficient (Wildman–Crippen LogP) is 1.89. The molecule has 0 heterocycles. The molecule has 1 aliphatic carbocycles. The molecular weight excluding hydrogens is 318 g/mol.